The van der Waals surface area contributed by atoms with Gasteiger partial charge in [-0.15, -0.1) is 11.3 Å². The van der Waals surface area contributed by atoms with Crippen molar-refractivity contribution in [2.24, 2.45) is 5.73 Å². The molecule has 84 valence electrons. The normalized spacial score (nSPS) is 11.9. The van der Waals surface area contributed by atoms with E-state index in [1.165, 1.54) is 18.2 Å². The van der Waals surface area contributed by atoms with Crippen LogP contribution in [0.15, 0.2) is 24.3 Å². The number of primary amides is 1. The summed E-state index contributed by atoms with van der Waals surface area (Å²) in [6.07, 6.45) is -4.42. The first-order valence-electron chi connectivity index (χ1n) is 4.29. The van der Waals surface area contributed by atoms with Gasteiger partial charge in [0.25, 0.3) is 5.91 Å². The van der Waals surface area contributed by atoms with E-state index >= 15 is 0 Å². The molecular formula is C10H6F3NOS. The topological polar surface area (TPSA) is 43.1 Å². The van der Waals surface area contributed by atoms with E-state index in [2.05, 4.69) is 0 Å². The molecule has 2 rings (SSSR count). The Kier molecular flexibility index (Phi) is 2.38. The monoisotopic (exact) mass is 245 g/mol. The first-order valence-corrected chi connectivity index (χ1v) is 5.11. The van der Waals surface area contributed by atoms with E-state index in [4.69, 9.17) is 5.73 Å². The summed E-state index contributed by atoms with van der Waals surface area (Å²) in [5.41, 5.74) is 4.29. The Hall–Kier alpha value is -1.56. The molecule has 0 fully saturated rings. The van der Waals surface area contributed by atoms with Crippen LogP contribution in [0.25, 0.3) is 10.1 Å². The molecule has 0 aliphatic carbocycles. The predicted molar refractivity (Wildman–Crippen MR) is 55.3 cm³/mol. The molecule has 0 atom stereocenters. The minimum atomic E-state index is -4.42. The van der Waals surface area contributed by atoms with Gasteiger partial charge in [-0.25, -0.2) is 0 Å². The minimum Gasteiger partial charge on any atom is -0.365 e. The Bertz CT molecular complexity index is 559. The summed E-state index contributed by atoms with van der Waals surface area (Å²) in [5.74, 6) is -0.714. The van der Waals surface area contributed by atoms with Crippen molar-refractivity contribution in [3.05, 3.63) is 34.7 Å². The number of benzene rings is 1. The smallest absolute Gasteiger partial charge is 0.365 e. The maximum absolute atomic E-state index is 12.6. The van der Waals surface area contributed by atoms with Gasteiger partial charge in [-0.3, -0.25) is 4.79 Å². The van der Waals surface area contributed by atoms with Crippen molar-refractivity contribution >= 4 is 27.3 Å². The number of fused-ring (bicyclic) bond motifs is 1. The first kappa shape index (κ1) is 10.9. The highest BCUT2D eigenvalue weighted by atomic mass is 32.1. The van der Waals surface area contributed by atoms with E-state index < -0.39 is 17.6 Å². The van der Waals surface area contributed by atoms with Gasteiger partial charge in [0, 0.05) is 4.70 Å². The van der Waals surface area contributed by atoms with Crippen LogP contribution in [0.2, 0.25) is 0 Å². The summed E-state index contributed by atoms with van der Waals surface area (Å²) in [6, 6.07) is 5.19. The van der Waals surface area contributed by atoms with Crippen molar-refractivity contribution in [1.82, 2.24) is 0 Å². The minimum absolute atomic E-state index is 0.0452. The molecule has 0 saturated heterocycles. The lowest BCUT2D eigenvalue weighted by Gasteiger charge is -2.06. The van der Waals surface area contributed by atoms with Crippen LogP contribution in [0.1, 0.15) is 15.2 Å². The number of nitrogens with two attached hydrogens (primary N) is 1. The summed E-state index contributed by atoms with van der Waals surface area (Å²) >= 11 is 0.764. The number of amides is 1. The van der Waals surface area contributed by atoms with Gasteiger partial charge < -0.3 is 5.73 Å². The molecule has 1 heterocycles. The number of hydrogen-bond acceptors (Lipinski definition) is 2. The molecule has 2 nitrogen and oxygen atoms in total. The molecule has 0 saturated carbocycles. The quantitative estimate of drug-likeness (QED) is 0.824. The molecule has 1 aromatic heterocycles. The molecule has 16 heavy (non-hydrogen) atoms. The molecule has 0 aliphatic rings. The van der Waals surface area contributed by atoms with Crippen LogP contribution in [-0.4, -0.2) is 5.91 Å². The highest BCUT2D eigenvalue weighted by Gasteiger charge is 2.33. The summed E-state index contributed by atoms with van der Waals surface area (Å²) in [6.45, 7) is 0. The average Bonchev–Trinajstić information content (AvgIpc) is 2.58. The number of alkyl halides is 3. The molecule has 2 aromatic rings. The highest BCUT2D eigenvalue weighted by Crippen LogP contribution is 2.38. The van der Waals surface area contributed by atoms with Gasteiger partial charge in [0.1, 0.15) is 0 Å². The fourth-order valence-electron chi connectivity index (χ4n) is 1.41. The van der Waals surface area contributed by atoms with Crippen LogP contribution in [0.5, 0.6) is 0 Å². The van der Waals surface area contributed by atoms with E-state index in [9.17, 15) is 18.0 Å². The fourth-order valence-corrected chi connectivity index (χ4v) is 2.45. The molecule has 2 N–H and O–H groups in total. The second-order valence-electron chi connectivity index (χ2n) is 3.20. The Labute approximate surface area is 92.5 Å². The lowest BCUT2D eigenvalue weighted by Crippen LogP contribution is -2.08. The van der Waals surface area contributed by atoms with Crippen LogP contribution in [-0.2, 0) is 6.18 Å². The lowest BCUT2D eigenvalue weighted by molar-refractivity contribution is -0.136. The zero-order valence-corrected chi connectivity index (χ0v) is 8.65. The number of halogens is 3. The Morgan fingerprint density at radius 3 is 2.56 bits per heavy atom. The summed E-state index contributed by atoms with van der Waals surface area (Å²) in [4.78, 5) is 11.0. The molecule has 0 bridgehead atoms. The van der Waals surface area contributed by atoms with E-state index in [0.717, 1.165) is 17.4 Å². The largest absolute Gasteiger partial charge is 0.417 e. The van der Waals surface area contributed by atoms with E-state index in [-0.39, 0.29) is 9.58 Å². The number of carbonyl (C=O) groups excluding carboxylic acids is 1. The molecule has 0 unspecified atom stereocenters. The van der Waals surface area contributed by atoms with Crippen LogP contribution in [0.4, 0.5) is 13.2 Å². The number of hydrogen-bond donors (Lipinski definition) is 1. The Morgan fingerprint density at radius 1 is 1.31 bits per heavy atom. The molecule has 0 spiro atoms. The van der Waals surface area contributed by atoms with Gasteiger partial charge in [0.05, 0.1) is 10.4 Å². The van der Waals surface area contributed by atoms with E-state index in [1.54, 1.807) is 0 Å². The second-order valence-corrected chi connectivity index (χ2v) is 4.25. The molecular weight excluding hydrogens is 239 g/mol. The van der Waals surface area contributed by atoms with Crippen molar-refractivity contribution < 1.29 is 18.0 Å². The van der Waals surface area contributed by atoms with Gasteiger partial charge in [-0.1, -0.05) is 12.1 Å². The molecule has 0 radical (unpaired) electrons. The zero-order chi connectivity index (χ0) is 11.9. The molecule has 6 heteroatoms. The predicted octanol–water partition coefficient (Wildman–Crippen LogP) is 3.02. The third-order valence-electron chi connectivity index (χ3n) is 2.09. The Balaban J connectivity index is 2.73. The van der Waals surface area contributed by atoms with Gasteiger partial charge in [0.15, 0.2) is 0 Å². The highest BCUT2D eigenvalue weighted by molar-refractivity contribution is 7.21. The Morgan fingerprint density at radius 2 is 2.00 bits per heavy atom. The van der Waals surface area contributed by atoms with Crippen LogP contribution in [0, 0.1) is 0 Å². The summed E-state index contributed by atoms with van der Waals surface area (Å²) in [7, 11) is 0. The van der Waals surface area contributed by atoms with Gasteiger partial charge >= 0.3 is 6.18 Å². The summed E-state index contributed by atoms with van der Waals surface area (Å²) in [5, 5.41) is 0.383. The van der Waals surface area contributed by atoms with Gasteiger partial charge in [-0.05, 0) is 17.5 Å². The fraction of sp³-hybridized carbons (Fsp3) is 0.100. The van der Waals surface area contributed by atoms with Crippen LogP contribution < -0.4 is 5.73 Å². The SMILES string of the molecule is NC(=O)c1cc2cccc(C(F)(F)F)c2s1. The second kappa shape index (κ2) is 3.48. The first-order chi connectivity index (χ1) is 7.39. The number of thiophene rings is 1. The molecule has 1 amide bonds. The summed E-state index contributed by atoms with van der Waals surface area (Å²) < 4.78 is 37.9. The average molecular weight is 245 g/mol. The van der Waals surface area contributed by atoms with Crippen molar-refractivity contribution in [2.45, 2.75) is 6.18 Å². The van der Waals surface area contributed by atoms with E-state index in [0.29, 0.717) is 5.39 Å². The standard InChI is InChI=1S/C10H6F3NOS/c11-10(12,13)6-3-1-2-5-4-7(9(14)15)16-8(5)6/h1-4H,(H2,14,15). The number of carbonyl (C=O) groups is 1. The molecule has 0 aliphatic heterocycles. The lowest BCUT2D eigenvalue weighted by atomic mass is 10.1. The molecule has 1 aromatic carbocycles. The van der Waals surface area contributed by atoms with Crippen molar-refractivity contribution in [1.29, 1.82) is 0 Å². The zero-order valence-electron chi connectivity index (χ0n) is 7.84. The maximum atomic E-state index is 12.6. The van der Waals surface area contributed by atoms with E-state index in [1.807, 2.05) is 0 Å². The van der Waals surface area contributed by atoms with Crippen LogP contribution in [0.3, 0.4) is 0 Å². The maximum Gasteiger partial charge on any atom is 0.417 e. The third-order valence-corrected chi connectivity index (χ3v) is 3.29. The van der Waals surface area contributed by atoms with Gasteiger partial charge in [0.2, 0.25) is 0 Å². The van der Waals surface area contributed by atoms with Crippen LogP contribution >= 0.6 is 11.3 Å². The third kappa shape index (κ3) is 1.76. The van der Waals surface area contributed by atoms with Crippen molar-refractivity contribution in [2.75, 3.05) is 0 Å². The van der Waals surface area contributed by atoms with Gasteiger partial charge in [-0.2, -0.15) is 13.2 Å². The number of rotatable bonds is 1. The van der Waals surface area contributed by atoms with Crippen molar-refractivity contribution in [3.63, 3.8) is 0 Å². The van der Waals surface area contributed by atoms with Crippen molar-refractivity contribution in [3.8, 4) is 0 Å².